The van der Waals surface area contributed by atoms with Crippen molar-refractivity contribution in [2.45, 2.75) is 39.0 Å². The maximum atomic E-state index is 6.04. The fourth-order valence-electron chi connectivity index (χ4n) is 1.74. The summed E-state index contributed by atoms with van der Waals surface area (Å²) in [5.41, 5.74) is 3.56. The van der Waals surface area contributed by atoms with Crippen LogP contribution in [0.3, 0.4) is 0 Å². The number of halogens is 2. The molecule has 0 unspecified atom stereocenters. The lowest BCUT2D eigenvalue weighted by Gasteiger charge is -2.06. The molecule has 0 saturated heterocycles. The molecule has 0 atom stereocenters. The molecule has 0 bridgehead atoms. The molecule has 0 aliphatic rings. The minimum absolute atomic E-state index is 0.520. The molecule has 0 aromatic heterocycles. The van der Waals surface area contributed by atoms with E-state index in [1.807, 2.05) is 0 Å². The highest BCUT2D eigenvalue weighted by atomic mass is 35.5. The minimum Gasteiger partial charge on any atom is -0.361 e. The molecule has 3 nitrogen and oxygen atoms in total. The normalized spacial score (nSPS) is 10.8. The van der Waals surface area contributed by atoms with Crippen molar-refractivity contribution in [3.63, 3.8) is 0 Å². The minimum atomic E-state index is 0.520. The lowest BCUT2D eigenvalue weighted by molar-refractivity contribution is 0.623. The Balaban J connectivity index is 2.21. The second kappa shape index (κ2) is 10.8. The number of nitrogens with one attached hydrogen (secondary N) is 2. The predicted molar refractivity (Wildman–Crippen MR) is 96.6 cm³/mol. The summed E-state index contributed by atoms with van der Waals surface area (Å²) in [6, 6.07) is 5.25. The second-order valence-electron chi connectivity index (χ2n) is 4.71. The molecule has 0 amide bonds. The molecule has 1 rings (SSSR count). The molecule has 0 heterocycles. The fraction of sp³-hybridized carbons (Fsp3) is 0.467. The van der Waals surface area contributed by atoms with Crippen molar-refractivity contribution in [2.24, 2.45) is 5.10 Å². The number of nitrogens with zero attached hydrogens (tertiary/aromatic N) is 1. The second-order valence-corrected chi connectivity index (χ2v) is 5.96. The van der Waals surface area contributed by atoms with Gasteiger partial charge in [-0.1, -0.05) is 61.9 Å². The van der Waals surface area contributed by atoms with Crippen LogP contribution in [0, 0.1) is 0 Å². The summed E-state index contributed by atoms with van der Waals surface area (Å²) in [6.45, 7) is 3.08. The molecule has 0 radical (unpaired) electrons. The van der Waals surface area contributed by atoms with Gasteiger partial charge in [0.25, 0.3) is 0 Å². The van der Waals surface area contributed by atoms with Gasteiger partial charge in [-0.2, -0.15) is 5.10 Å². The van der Waals surface area contributed by atoms with Gasteiger partial charge in [0.1, 0.15) is 0 Å². The summed E-state index contributed by atoms with van der Waals surface area (Å²) in [6.07, 6.45) is 7.81. The molecule has 0 spiro atoms. The summed E-state index contributed by atoms with van der Waals surface area (Å²) in [5.74, 6) is 0. The number of hydrazone groups is 1. The van der Waals surface area contributed by atoms with Crippen LogP contribution in [0.4, 0.5) is 0 Å². The third-order valence-electron chi connectivity index (χ3n) is 2.90. The number of unbranched alkanes of at least 4 members (excludes halogenated alkanes) is 4. The Morgan fingerprint density at radius 1 is 1.24 bits per heavy atom. The van der Waals surface area contributed by atoms with E-state index >= 15 is 0 Å². The summed E-state index contributed by atoms with van der Waals surface area (Å²) in [4.78, 5) is 0. The molecule has 2 N–H and O–H groups in total. The molecule has 6 heteroatoms. The van der Waals surface area contributed by atoms with Crippen molar-refractivity contribution in [1.29, 1.82) is 0 Å². The third kappa shape index (κ3) is 8.24. The van der Waals surface area contributed by atoms with E-state index < -0.39 is 0 Å². The quantitative estimate of drug-likeness (QED) is 0.308. The van der Waals surface area contributed by atoms with E-state index in [2.05, 4.69) is 22.8 Å². The van der Waals surface area contributed by atoms with Crippen LogP contribution in [0.5, 0.6) is 0 Å². The molecule has 0 aliphatic carbocycles. The first-order valence-electron chi connectivity index (χ1n) is 7.15. The van der Waals surface area contributed by atoms with E-state index in [0.717, 1.165) is 18.5 Å². The van der Waals surface area contributed by atoms with E-state index in [-0.39, 0.29) is 0 Å². The first kappa shape index (κ1) is 18.2. The molecule has 0 aliphatic heterocycles. The number of thiocarbonyl (C=S) groups is 1. The Morgan fingerprint density at radius 3 is 2.71 bits per heavy atom. The molecular weight excluding hydrogens is 325 g/mol. The fourth-order valence-corrected chi connectivity index (χ4v) is 2.35. The highest BCUT2D eigenvalue weighted by molar-refractivity contribution is 7.80. The Morgan fingerprint density at radius 2 is 2.00 bits per heavy atom. The monoisotopic (exact) mass is 345 g/mol. The smallest absolute Gasteiger partial charge is 0.186 e. The van der Waals surface area contributed by atoms with Crippen LogP contribution in [-0.4, -0.2) is 17.9 Å². The number of hydrogen-bond acceptors (Lipinski definition) is 2. The van der Waals surface area contributed by atoms with Crippen LogP contribution in [0.25, 0.3) is 0 Å². The van der Waals surface area contributed by atoms with Crippen molar-refractivity contribution >= 4 is 46.7 Å². The highest BCUT2D eigenvalue weighted by Gasteiger charge is 1.98. The first-order chi connectivity index (χ1) is 10.1. The van der Waals surface area contributed by atoms with Crippen LogP contribution in [0.2, 0.25) is 10.0 Å². The molecule has 116 valence electrons. The molecule has 0 saturated carbocycles. The zero-order chi connectivity index (χ0) is 15.5. The van der Waals surface area contributed by atoms with Gasteiger partial charge < -0.3 is 5.32 Å². The van der Waals surface area contributed by atoms with Crippen LogP contribution >= 0.6 is 35.4 Å². The molecule has 1 aromatic carbocycles. The highest BCUT2D eigenvalue weighted by Crippen LogP contribution is 2.19. The Bertz CT molecular complexity index is 478. The van der Waals surface area contributed by atoms with E-state index in [1.165, 1.54) is 25.7 Å². The SMILES string of the molecule is CCCCCCCNC(=S)N/N=C\c1ccc(Cl)cc1Cl. The Labute approximate surface area is 142 Å². The van der Waals surface area contributed by atoms with Gasteiger partial charge in [-0.15, -0.1) is 0 Å². The number of rotatable bonds is 8. The standard InChI is InChI=1S/C15H21Cl2N3S/c1-2-3-4-5-6-9-18-15(21)20-19-11-12-7-8-13(16)10-14(12)17/h7-8,10-11H,2-6,9H2,1H3,(H2,18,20,21)/b19-11-. The van der Waals surface area contributed by atoms with E-state index in [0.29, 0.717) is 15.2 Å². The van der Waals surface area contributed by atoms with Gasteiger partial charge in [-0.3, -0.25) is 5.43 Å². The zero-order valence-electron chi connectivity index (χ0n) is 12.2. The summed E-state index contributed by atoms with van der Waals surface area (Å²) in [7, 11) is 0. The summed E-state index contributed by atoms with van der Waals surface area (Å²) >= 11 is 17.0. The van der Waals surface area contributed by atoms with Gasteiger partial charge in [0.2, 0.25) is 0 Å². The van der Waals surface area contributed by atoms with Crippen LogP contribution in [0.1, 0.15) is 44.6 Å². The maximum Gasteiger partial charge on any atom is 0.186 e. The van der Waals surface area contributed by atoms with Gasteiger partial charge in [-0.05, 0) is 30.8 Å². The summed E-state index contributed by atoms with van der Waals surface area (Å²) in [5, 5.41) is 8.86. The Kier molecular flexibility index (Phi) is 9.39. The number of benzene rings is 1. The van der Waals surface area contributed by atoms with Crippen LogP contribution < -0.4 is 10.7 Å². The first-order valence-corrected chi connectivity index (χ1v) is 8.32. The van der Waals surface area contributed by atoms with Gasteiger partial charge in [-0.25, -0.2) is 0 Å². The maximum absolute atomic E-state index is 6.04. The molecular formula is C15H21Cl2N3S. The predicted octanol–water partition coefficient (Wildman–Crippen LogP) is 4.76. The van der Waals surface area contributed by atoms with E-state index in [9.17, 15) is 0 Å². The topological polar surface area (TPSA) is 36.4 Å². The van der Waals surface area contributed by atoms with Gasteiger partial charge in [0.05, 0.1) is 11.2 Å². The van der Waals surface area contributed by atoms with Crippen molar-refractivity contribution in [2.75, 3.05) is 6.54 Å². The lowest BCUT2D eigenvalue weighted by Crippen LogP contribution is -2.32. The third-order valence-corrected chi connectivity index (χ3v) is 3.70. The lowest BCUT2D eigenvalue weighted by atomic mass is 10.1. The largest absolute Gasteiger partial charge is 0.361 e. The van der Waals surface area contributed by atoms with E-state index in [4.69, 9.17) is 35.4 Å². The van der Waals surface area contributed by atoms with Gasteiger partial charge in [0.15, 0.2) is 5.11 Å². The van der Waals surface area contributed by atoms with Crippen molar-refractivity contribution in [1.82, 2.24) is 10.7 Å². The van der Waals surface area contributed by atoms with Crippen molar-refractivity contribution in [3.05, 3.63) is 33.8 Å². The van der Waals surface area contributed by atoms with Gasteiger partial charge >= 0.3 is 0 Å². The zero-order valence-corrected chi connectivity index (χ0v) is 14.5. The Hall–Kier alpha value is -0.840. The van der Waals surface area contributed by atoms with Gasteiger partial charge in [0, 0.05) is 17.1 Å². The average Bonchev–Trinajstić information content (AvgIpc) is 2.45. The average molecular weight is 346 g/mol. The van der Waals surface area contributed by atoms with Crippen LogP contribution in [0.15, 0.2) is 23.3 Å². The van der Waals surface area contributed by atoms with E-state index in [1.54, 1.807) is 24.4 Å². The van der Waals surface area contributed by atoms with Crippen molar-refractivity contribution in [3.8, 4) is 0 Å². The van der Waals surface area contributed by atoms with Crippen molar-refractivity contribution < 1.29 is 0 Å². The molecule has 21 heavy (non-hydrogen) atoms. The van der Waals surface area contributed by atoms with Crippen LogP contribution in [-0.2, 0) is 0 Å². The molecule has 1 aromatic rings. The number of hydrogen-bond donors (Lipinski definition) is 2. The summed E-state index contributed by atoms with van der Waals surface area (Å²) < 4.78 is 0. The molecule has 0 fully saturated rings.